The summed E-state index contributed by atoms with van der Waals surface area (Å²) < 4.78 is 5.65. The SMILES string of the molecule is CN=C(NCC1(c2ccccc2Cl)CCOCC1)NC1CN(C(C)C)CC1C. The first kappa shape index (κ1) is 21.4. The van der Waals surface area contributed by atoms with Crippen molar-refractivity contribution in [2.45, 2.75) is 51.1 Å². The van der Waals surface area contributed by atoms with E-state index in [0.29, 0.717) is 18.0 Å². The van der Waals surface area contributed by atoms with Gasteiger partial charge in [-0.15, -0.1) is 0 Å². The Hall–Kier alpha value is -1.30. The van der Waals surface area contributed by atoms with Crippen molar-refractivity contribution in [3.63, 3.8) is 0 Å². The van der Waals surface area contributed by atoms with Crippen molar-refractivity contribution in [3.8, 4) is 0 Å². The first-order chi connectivity index (χ1) is 13.4. The summed E-state index contributed by atoms with van der Waals surface area (Å²) in [4.78, 5) is 7.03. The van der Waals surface area contributed by atoms with Crippen LogP contribution in [-0.4, -0.2) is 62.8 Å². The molecule has 0 bridgehead atoms. The summed E-state index contributed by atoms with van der Waals surface area (Å²) >= 11 is 6.58. The molecule has 156 valence electrons. The summed E-state index contributed by atoms with van der Waals surface area (Å²) in [6.07, 6.45) is 1.92. The second-order valence-electron chi connectivity index (χ2n) is 8.57. The van der Waals surface area contributed by atoms with Crippen molar-refractivity contribution >= 4 is 17.6 Å². The predicted octanol–water partition coefficient (Wildman–Crippen LogP) is 3.28. The van der Waals surface area contributed by atoms with Crippen LogP contribution < -0.4 is 10.6 Å². The zero-order chi connectivity index (χ0) is 20.1. The van der Waals surface area contributed by atoms with Gasteiger partial charge in [-0.05, 0) is 44.2 Å². The monoisotopic (exact) mass is 406 g/mol. The Balaban J connectivity index is 1.68. The molecular formula is C22H35ClN4O. The molecule has 2 aliphatic rings. The van der Waals surface area contributed by atoms with Gasteiger partial charge in [-0.3, -0.25) is 9.89 Å². The first-order valence-corrected chi connectivity index (χ1v) is 10.9. The van der Waals surface area contributed by atoms with Gasteiger partial charge in [0, 0.05) is 62.4 Å². The lowest BCUT2D eigenvalue weighted by Gasteiger charge is -2.39. The van der Waals surface area contributed by atoms with Crippen molar-refractivity contribution in [1.29, 1.82) is 0 Å². The van der Waals surface area contributed by atoms with E-state index >= 15 is 0 Å². The Morgan fingerprint density at radius 3 is 2.61 bits per heavy atom. The third kappa shape index (κ3) is 4.81. The van der Waals surface area contributed by atoms with Crippen LogP contribution in [0.2, 0.25) is 5.02 Å². The van der Waals surface area contributed by atoms with Gasteiger partial charge in [0.25, 0.3) is 0 Å². The van der Waals surface area contributed by atoms with E-state index in [2.05, 4.69) is 53.4 Å². The highest BCUT2D eigenvalue weighted by Crippen LogP contribution is 2.38. The largest absolute Gasteiger partial charge is 0.381 e. The second kappa shape index (κ2) is 9.47. The van der Waals surface area contributed by atoms with Gasteiger partial charge in [-0.2, -0.15) is 0 Å². The standard InChI is InChI=1S/C22H35ClN4O/c1-16(2)27-13-17(3)20(14-27)26-21(24-4)25-15-22(9-11-28-12-10-22)18-7-5-6-8-19(18)23/h5-8,16-17,20H,9-15H2,1-4H3,(H2,24,25,26). The molecule has 2 unspecified atom stereocenters. The molecule has 1 aromatic carbocycles. The summed E-state index contributed by atoms with van der Waals surface area (Å²) in [6.45, 7) is 11.4. The van der Waals surface area contributed by atoms with Crippen LogP contribution in [0.5, 0.6) is 0 Å². The van der Waals surface area contributed by atoms with Crippen LogP contribution in [0.1, 0.15) is 39.2 Å². The summed E-state index contributed by atoms with van der Waals surface area (Å²) in [5.41, 5.74) is 1.18. The fourth-order valence-corrected chi connectivity index (χ4v) is 4.77. The van der Waals surface area contributed by atoms with Gasteiger partial charge in [-0.1, -0.05) is 36.7 Å². The summed E-state index contributed by atoms with van der Waals surface area (Å²) in [5.74, 6) is 1.47. The van der Waals surface area contributed by atoms with Gasteiger partial charge in [0.1, 0.15) is 0 Å². The molecule has 2 aliphatic heterocycles. The minimum atomic E-state index is -0.0283. The third-order valence-corrected chi connectivity index (χ3v) is 6.74. The predicted molar refractivity (Wildman–Crippen MR) is 117 cm³/mol. The molecule has 0 aliphatic carbocycles. The third-order valence-electron chi connectivity index (χ3n) is 6.41. The number of aliphatic imine (C=N–C) groups is 1. The highest BCUT2D eigenvalue weighted by atomic mass is 35.5. The Kier molecular flexibility index (Phi) is 7.24. The van der Waals surface area contributed by atoms with Gasteiger partial charge in [0.2, 0.25) is 0 Å². The molecule has 6 heteroatoms. The summed E-state index contributed by atoms with van der Waals surface area (Å²) in [7, 11) is 1.85. The molecule has 3 rings (SSSR count). The molecule has 0 aromatic heterocycles. The lowest BCUT2D eigenvalue weighted by Crippen LogP contribution is -2.51. The number of halogens is 1. The van der Waals surface area contributed by atoms with Gasteiger partial charge in [0.15, 0.2) is 5.96 Å². The van der Waals surface area contributed by atoms with Gasteiger partial charge in [-0.25, -0.2) is 0 Å². The number of likely N-dealkylation sites (tertiary alicyclic amines) is 1. The van der Waals surface area contributed by atoms with E-state index in [4.69, 9.17) is 16.3 Å². The molecule has 2 heterocycles. The molecule has 2 atom stereocenters. The first-order valence-electron chi connectivity index (χ1n) is 10.5. The quantitative estimate of drug-likeness (QED) is 0.582. The molecule has 0 spiro atoms. The summed E-state index contributed by atoms with van der Waals surface area (Å²) in [6, 6.07) is 9.21. The molecule has 0 amide bonds. The van der Waals surface area contributed by atoms with Crippen LogP contribution in [0.25, 0.3) is 0 Å². The van der Waals surface area contributed by atoms with Crippen LogP contribution in [0, 0.1) is 5.92 Å². The molecule has 28 heavy (non-hydrogen) atoms. The highest BCUT2D eigenvalue weighted by Gasteiger charge is 2.37. The van der Waals surface area contributed by atoms with E-state index in [1.54, 1.807) is 0 Å². The number of guanidine groups is 1. The topological polar surface area (TPSA) is 48.9 Å². The Bertz CT molecular complexity index is 672. The maximum Gasteiger partial charge on any atom is 0.191 e. The molecule has 1 aromatic rings. The van der Waals surface area contributed by atoms with Gasteiger partial charge in [0.05, 0.1) is 0 Å². The molecule has 2 N–H and O–H groups in total. The van der Waals surface area contributed by atoms with E-state index in [1.165, 1.54) is 5.56 Å². The fraction of sp³-hybridized carbons (Fsp3) is 0.682. The average Bonchev–Trinajstić information content (AvgIpc) is 3.07. The van der Waals surface area contributed by atoms with Crippen molar-refractivity contribution in [1.82, 2.24) is 15.5 Å². The van der Waals surface area contributed by atoms with E-state index in [-0.39, 0.29) is 5.41 Å². The van der Waals surface area contributed by atoms with Crippen molar-refractivity contribution in [2.75, 3.05) is 39.9 Å². The minimum absolute atomic E-state index is 0.0283. The van der Waals surface area contributed by atoms with Crippen LogP contribution >= 0.6 is 11.6 Å². The smallest absolute Gasteiger partial charge is 0.191 e. The van der Waals surface area contributed by atoms with E-state index in [1.807, 2.05) is 19.2 Å². The van der Waals surface area contributed by atoms with Crippen molar-refractivity contribution < 1.29 is 4.74 Å². The second-order valence-corrected chi connectivity index (χ2v) is 8.98. The number of rotatable bonds is 5. The van der Waals surface area contributed by atoms with Crippen LogP contribution in [0.3, 0.4) is 0 Å². The van der Waals surface area contributed by atoms with Gasteiger partial charge >= 0.3 is 0 Å². The highest BCUT2D eigenvalue weighted by molar-refractivity contribution is 6.31. The number of hydrogen-bond acceptors (Lipinski definition) is 3. The number of ether oxygens (including phenoxy) is 1. The van der Waals surface area contributed by atoms with E-state index in [9.17, 15) is 0 Å². The van der Waals surface area contributed by atoms with Crippen LogP contribution in [0.4, 0.5) is 0 Å². The molecule has 0 saturated carbocycles. The molecule has 5 nitrogen and oxygen atoms in total. The number of nitrogens with one attached hydrogen (secondary N) is 2. The van der Waals surface area contributed by atoms with E-state index < -0.39 is 0 Å². The average molecular weight is 407 g/mol. The minimum Gasteiger partial charge on any atom is -0.381 e. The normalized spacial score (nSPS) is 25.9. The lowest BCUT2D eigenvalue weighted by molar-refractivity contribution is 0.0514. The molecular weight excluding hydrogens is 372 g/mol. The van der Waals surface area contributed by atoms with Crippen LogP contribution in [-0.2, 0) is 10.2 Å². The molecule has 2 saturated heterocycles. The Morgan fingerprint density at radius 2 is 2.00 bits per heavy atom. The maximum absolute atomic E-state index is 6.58. The zero-order valence-electron chi connectivity index (χ0n) is 17.7. The maximum atomic E-state index is 6.58. The van der Waals surface area contributed by atoms with Crippen LogP contribution in [0.15, 0.2) is 29.3 Å². The molecule has 2 fully saturated rings. The number of nitrogens with zero attached hydrogens (tertiary/aromatic N) is 2. The Labute approximate surface area is 174 Å². The number of hydrogen-bond donors (Lipinski definition) is 2. The van der Waals surface area contributed by atoms with Crippen molar-refractivity contribution in [3.05, 3.63) is 34.9 Å². The molecule has 0 radical (unpaired) electrons. The van der Waals surface area contributed by atoms with Crippen molar-refractivity contribution in [2.24, 2.45) is 10.9 Å². The van der Waals surface area contributed by atoms with E-state index in [0.717, 1.165) is 56.7 Å². The van der Waals surface area contributed by atoms with Gasteiger partial charge < -0.3 is 15.4 Å². The lowest BCUT2D eigenvalue weighted by atomic mass is 9.74. The zero-order valence-corrected chi connectivity index (χ0v) is 18.4. The summed E-state index contributed by atoms with van der Waals surface area (Å²) in [5, 5.41) is 8.10. The Morgan fingerprint density at radius 1 is 1.29 bits per heavy atom. The number of benzene rings is 1. The fourth-order valence-electron chi connectivity index (χ4n) is 4.43.